The van der Waals surface area contributed by atoms with Crippen LogP contribution < -0.4 is 0 Å². The molecule has 1 aliphatic carbocycles. The highest BCUT2D eigenvalue weighted by atomic mass is 16.3. The Morgan fingerprint density at radius 3 is 2.73 bits per heavy atom. The van der Waals surface area contributed by atoms with Crippen molar-refractivity contribution in [3.8, 4) is 0 Å². The first-order valence-electron chi connectivity index (χ1n) is 8.87. The van der Waals surface area contributed by atoms with Gasteiger partial charge in [-0.05, 0) is 37.7 Å². The molecule has 1 N–H and O–H groups in total. The summed E-state index contributed by atoms with van der Waals surface area (Å²) in [6, 6.07) is 10.5. The Kier molecular flexibility index (Phi) is 3.36. The second-order valence-corrected chi connectivity index (χ2v) is 7.24. The summed E-state index contributed by atoms with van der Waals surface area (Å²) in [6.07, 6.45) is 8.72. The van der Waals surface area contributed by atoms with Gasteiger partial charge < -0.3 is 5.11 Å². The van der Waals surface area contributed by atoms with Crippen molar-refractivity contribution in [3.63, 3.8) is 0 Å². The smallest absolute Gasteiger partial charge is 0.369 e. The lowest BCUT2D eigenvalue weighted by molar-refractivity contribution is -0.521. The molecule has 2 atom stereocenters. The van der Waals surface area contributed by atoms with Crippen molar-refractivity contribution in [2.45, 2.75) is 51.9 Å². The van der Waals surface area contributed by atoms with Gasteiger partial charge in [0.15, 0.2) is 12.3 Å². The summed E-state index contributed by atoms with van der Waals surface area (Å²) < 4.78 is 2.29. The van der Waals surface area contributed by atoms with Crippen LogP contribution in [0.1, 0.15) is 57.4 Å². The van der Waals surface area contributed by atoms with Crippen LogP contribution >= 0.6 is 0 Å². The lowest BCUT2D eigenvalue weighted by Crippen LogP contribution is -2.50. The molecule has 2 heterocycles. The second kappa shape index (κ2) is 5.26. The van der Waals surface area contributed by atoms with Gasteiger partial charge in [0.25, 0.3) is 0 Å². The Labute approximate surface area is 133 Å². The van der Waals surface area contributed by atoms with Crippen LogP contribution in [0, 0.1) is 11.3 Å². The minimum absolute atomic E-state index is 0.372. The normalized spacial score (nSPS) is 31.2. The first-order valence-corrected chi connectivity index (χ1v) is 8.87. The second-order valence-electron chi connectivity index (χ2n) is 7.24. The van der Waals surface area contributed by atoms with Crippen molar-refractivity contribution < 1.29 is 9.68 Å². The van der Waals surface area contributed by atoms with Crippen molar-refractivity contribution in [2.24, 2.45) is 11.3 Å². The zero-order valence-electron chi connectivity index (χ0n) is 13.5. The Morgan fingerprint density at radius 2 is 1.95 bits per heavy atom. The zero-order valence-corrected chi connectivity index (χ0v) is 13.5. The van der Waals surface area contributed by atoms with Crippen LogP contribution in [0.15, 0.2) is 36.2 Å². The van der Waals surface area contributed by atoms with Gasteiger partial charge in [0.05, 0.1) is 11.0 Å². The largest absolute Gasteiger partial charge is 0.460 e. The van der Waals surface area contributed by atoms with Crippen LogP contribution in [-0.2, 0) is 0 Å². The van der Waals surface area contributed by atoms with Gasteiger partial charge >= 0.3 is 5.88 Å². The molecule has 0 radical (unpaired) electrons. The summed E-state index contributed by atoms with van der Waals surface area (Å²) in [5.41, 5.74) is 4.29. The predicted molar refractivity (Wildman–Crippen MR) is 90.0 cm³/mol. The molecule has 0 bridgehead atoms. The number of aliphatic hydroxyl groups excluding tert-OH is 1. The van der Waals surface area contributed by atoms with E-state index in [9.17, 15) is 5.11 Å². The molecule has 0 saturated heterocycles. The van der Waals surface area contributed by atoms with E-state index in [0.717, 1.165) is 18.5 Å². The van der Waals surface area contributed by atoms with Crippen LogP contribution in [0.3, 0.4) is 0 Å². The Bertz CT molecular complexity index is 643. The Hall–Kier alpha value is -1.57. The third kappa shape index (κ3) is 1.96. The Morgan fingerprint density at radius 1 is 1.18 bits per heavy atom. The van der Waals surface area contributed by atoms with Gasteiger partial charge in [0.2, 0.25) is 0 Å². The molecule has 1 aromatic rings. The van der Waals surface area contributed by atoms with Gasteiger partial charge in [-0.1, -0.05) is 43.7 Å². The fourth-order valence-corrected chi connectivity index (χ4v) is 5.18. The number of hydrogen-bond acceptors (Lipinski definition) is 1. The number of hydrogen-bond donors (Lipinski definition) is 1. The van der Waals surface area contributed by atoms with Gasteiger partial charge in [-0.2, -0.15) is 4.58 Å². The molecular formula is C20H26NO+. The average Bonchev–Trinajstić information content (AvgIpc) is 2.58. The molecule has 0 spiro atoms. The van der Waals surface area contributed by atoms with Gasteiger partial charge in [0, 0.05) is 12.3 Å². The minimum atomic E-state index is 0.372. The summed E-state index contributed by atoms with van der Waals surface area (Å²) in [5, 5.41) is 11.0. The van der Waals surface area contributed by atoms with Crippen molar-refractivity contribution in [1.82, 2.24) is 0 Å². The van der Waals surface area contributed by atoms with E-state index < -0.39 is 0 Å². The third-order valence-corrected chi connectivity index (χ3v) is 6.24. The van der Waals surface area contributed by atoms with Crippen LogP contribution in [0.4, 0.5) is 0 Å². The standard InChI is InChI=1S/C20H25NO/c1-2-20-11-6-10-16-14-17(15-8-4-3-5-9-15)19(22)21(18(16)20)13-7-12-20/h3-5,8-9,16H,2,6-7,10-14H2,1H3/p+1. The first kappa shape index (κ1) is 14.0. The van der Waals surface area contributed by atoms with Gasteiger partial charge in [-0.15, -0.1) is 0 Å². The maximum atomic E-state index is 11.0. The lowest BCUT2D eigenvalue weighted by atomic mass is 9.61. The molecule has 3 aliphatic rings. The summed E-state index contributed by atoms with van der Waals surface area (Å²) in [5.74, 6) is 1.18. The lowest BCUT2D eigenvalue weighted by Gasteiger charge is -2.44. The molecule has 2 unspecified atom stereocenters. The maximum Gasteiger partial charge on any atom is 0.369 e. The highest BCUT2D eigenvalue weighted by Gasteiger charge is 2.52. The van der Waals surface area contributed by atoms with Crippen LogP contribution in [0.2, 0.25) is 0 Å². The van der Waals surface area contributed by atoms with E-state index in [1.807, 2.05) is 6.07 Å². The highest BCUT2D eigenvalue weighted by Crippen LogP contribution is 2.49. The average molecular weight is 296 g/mol. The van der Waals surface area contributed by atoms with E-state index >= 15 is 0 Å². The number of nitrogens with zero attached hydrogens (tertiary/aromatic N) is 1. The molecule has 4 rings (SSSR count). The molecule has 0 amide bonds. The fourth-order valence-electron chi connectivity index (χ4n) is 5.18. The summed E-state index contributed by atoms with van der Waals surface area (Å²) in [6.45, 7) is 3.34. The van der Waals surface area contributed by atoms with Crippen LogP contribution in [0.5, 0.6) is 0 Å². The molecule has 2 heteroatoms. The topological polar surface area (TPSA) is 23.2 Å². The molecule has 116 valence electrons. The Balaban J connectivity index is 1.87. The van der Waals surface area contributed by atoms with E-state index in [2.05, 4.69) is 35.8 Å². The van der Waals surface area contributed by atoms with Crippen molar-refractivity contribution in [1.29, 1.82) is 0 Å². The summed E-state index contributed by atoms with van der Waals surface area (Å²) in [7, 11) is 0. The van der Waals surface area contributed by atoms with E-state index in [4.69, 9.17) is 0 Å². The quantitative estimate of drug-likeness (QED) is 0.781. The monoisotopic (exact) mass is 296 g/mol. The molecule has 2 aliphatic heterocycles. The van der Waals surface area contributed by atoms with Gasteiger partial charge in [-0.25, -0.2) is 0 Å². The number of allylic oxidation sites excluding steroid dienone is 1. The molecule has 1 saturated carbocycles. The van der Waals surface area contributed by atoms with E-state index in [0.29, 0.717) is 17.2 Å². The van der Waals surface area contributed by atoms with Gasteiger partial charge in [0.1, 0.15) is 0 Å². The van der Waals surface area contributed by atoms with Crippen molar-refractivity contribution in [3.05, 3.63) is 41.8 Å². The molecule has 1 fully saturated rings. The summed E-state index contributed by atoms with van der Waals surface area (Å²) >= 11 is 0. The van der Waals surface area contributed by atoms with Crippen LogP contribution in [0.25, 0.3) is 5.57 Å². The molecule has 22 heavy (non-hydrogen) atoms. The van der Waals surface area contributed by atoms with E-state index in [-0.39, 0.29) is 0 Å². The highest BCUT2D eigenvalue weighted by molar-refractivity contribution is 5.92. The number of rotatable bonds is 2. The van der Waals surface area contributed by atoms with E-state index in [1.165, 1.54) is 44.1 Å². The minimum Gasteiger partial charge on any atom is -0.460 e. The van der Waals surface area contributed by atoms with Crippen LogP contribution in [-0.4, -0.2) is 21.9 Å². The SMILES string of the molecule is CCC12CCCC3CC(c4ccccc4)=C(O)[N+](=C31)CCC2. The van der Waals surface area contributed by atoms with E-state index in [1.54, 1.807) is 5.71 Å². The van der Waals surface area contributed by atoms with Crippen molar-refractivity contribution >= 4 is 11.3 Å². The molecular weight excluding hydrogens is 270 g/mol. The fraction of sp³-hybridized carbons (Fsp3) is 0.550. The zero-order chi connectivity index (χ0) is 15.2. The van der Waals surface area contributed by atoms with Gasteiger partial charge in [-0.3, -0.25) is 0 Å². The van der Waals surface area contributed by atoms with Crippen molar-refractivity contribution in [2.75, 3.05) is 6.54 Å². The molecule has 1 aromatic carbocycles. The number of benzene rings is 1. The maximum absolute atomic E-state index is 11.0. The predicted octanol–water partition coefficient (Wildman–Crippen LogP) is 4.76. The molecule has 2 nitrogen and oxygen atoms in total. The molecule has 0 aromatic heterocycles. The first-order chi connectivity index (χ1) is 10.7. The number of aliphatic hydroxyl groups is 1. The third-order valence-electron chi connectivity index (χ3n) is 6.24. The summed E-state index contributed by atoms with van der Waals surface area (Å²) in [4.78, 5) is 0.